The van der Waals surface area contributed by atoms with Gasteiger partial charge in [0.1, 0.15) is 0 Å². The molecule has 0 spiro atoms. The Morgan fingerprint density at radius 3 is 2.58 bits per heavy atom. The number of likely N-dealkylation sites (tertiary alicyclic amines) is 1. The molecule has 0 bridgehead atoms. The third-order valence-corrected chi connectivity index (χ3v) is 4.67. The van der Waals surface area contributed by atoms with Gasteiger partial charge in [-0.1, -0.05) is 22.9 Å². The SMILES string of the molecule is CC1CCN(C(=O)c2ccc([N+](=O)[O-])cc2)CC1Br. The van der Waals surface area contributed by atoms with Crippen LogP contribution < -0.4 is 0 Å². The van der Waals surface area contributed by atoms with Crippen molar-refractivity contribution in [3.8, 4) is 0 Å². The van der Waals surface area contributed by atoms with Gasteiger partial charge in [-0.3, -0.25) is 14.9 Å². The van der Waals surface area contributed by atoms with Crippen LogP contribution in [0.4, 0.5) is 5.69 Å². The number of benzene rings is 1. The van der Waals surface area contributed by atoms with Crippen LogP contribution in [0, 0.1) is 16.0 Å². The van der Waals surface area contributed by atoms with E-state index in [1.807, 2.05) is 0 Å². The van der Waals surface area contributed by atoms with Crippen LogP contribution in [0.5, 0.6) is 0 Å². The predicted molar refractivity (Wildman–Crippen MR) is 75.5 cm³/mol. The number of nitro groups is 1. The van der Waals surface area contributed by atoms with Crippen LogP contribution in [0.2, 0.25) is 0 Å². The summed E-state index contributed by atoms with van der Waals surface area (Å²) in [6.45, 7) is 3.57. The number of nitro benzene ring substituents is 1. The lowest BCUT2D eigenvalue weighted by atomic mass is 9.98. The van der Waals surface area contributed by atoms with Crippen molar-refractivity contribution in [3.05, 3.63) is 39.9 Å². The normalized spacial score (nSPS) is 23.2. The topological polar surface area (TPSA) is 63.5 Å². The standard InChI is InChI=1S/C13H15BrN2O3/c1-9-6-7-15(8-12(9)14)13(17)10-2-4-11(5-3-10)16(18)19/h2-5,9,12H,6-8H2,1H3. The number of carbonyl (C=O) groups excluding carboxylic acids is 1. The molecule has 0 N–H and O–H groups in total. The molecule has 1 amide bonds. The number of alkyl halides is 1. The van der Waals surface area contributed by atoms with Gasteiger partial charge >= 0.3 is 0 Å². The van der Waals surface area contributed by atoms with Gasteiger partial charge < -0.3 is 4.90 Å². The Morgan fingerprint density at radius 2 is 2.05 bits per heavy atom. The average molecular weight is 327 g/mol. The third kappa shape index (κ3) is 3.12. The largest absolute Gasteiger partial charge is 0.338 e. The fourth-order valence-corrected chi connectivity index (χ4v) is 2.73. The highest BCUT2D eigenvalue weighted by molar-refractivity contribution is 9.09. The molecule has 1 heterocycles. The summed E-state index contributed by atoms with van der Waals surface area (Å²) in [5, 5.41) is 10.6. The molecule has 1 saturated heterocycles. The Labute approximate surface area is 119 Å². The van der Waals surface area contributed by atoms with Crippen molar-refractivity contribution >= 4 is 27.5 Å². The van der Waals surface area contributed by atoms with Crippen LogP contribution in [-0.4, -0.2) is 33.6 Å². The number of rotatable bonds is 2. The van der Waals surface area contributed by atoms with E-state index in [4.69, 9.17) is 0 Å². The van der Waals surface area contributed by atoms with E-state index in [1.54, 1.807) is 4.90 Å². The summed E-state index contributed by atoms with van der Waals surface area (Å²) in [6, 6.07) is 5.76. The highest BCUT2D eigenvalue weighted by atomic mass is 79.9. The average Bonchev–Trinajstić information content (AvgIpc) is 2.41. The zero-order valence-corrected chi connectivity index (χ0v) is 12.2. The molecule has 0 radical (unpaired) electrons. The van der Waals surface area contributed by atoms with E-state index >= 15 is 0 Å². The predicted octanol–water partition coefficient (Wildman–Crippen LogP) is 2.84. The quantitative estimate of drug-likeness (QED) is 0.477. The van der Waals surface area contributed by atoms with Gasteiger partial charge in [0.15, 0.2) is 0 Å². The Kier molecular flexibility index (Phi) is 4.19. The second-order valence-corrected chi connectivity index (χ2v) is 6.01. The van der Waals surface area contributed by atoms with Crippen LogP contribution in [0.1, 0.15) is 23.7 Å². The van der Waals surface area contributed by atoms with Gasteiger partial charge in [-0.2, -0.15) is 0 Å². The molecule has 2 unspecified atom stereocenters. The van der Waals surface area contributed by atoms with Crippen molar-refractivity contribution < 1.29 is 9.72 Å². The first-order valence-corrected chi connectivity index (χ1v) is 7.08. The minimum absolute atomic E-state index is 0.00202. The van der Waals surface area contributed by atoms with E-state index < -0.39 is 4.92 Å². The number of non-ortho nitro benzene ring substituents is 1. The molecular weight excluding hydrogens is 312 g/mol. The van der Waals surface area contributed by atoms with Gasteiger partial charge in [0.25, 0.3) is 11.6 Å². The molecule has 0 aliphatic carbocycles. The fraction of sp³-hybridized carbons (Fsp3) is 0.462. The van der Waals surface area contributed by atoms with Gasteiger partial charge in [-0.05, 0) is 24.5 Å². The molecule has 2 atom stereocenters. The first-order valence-electron chi connectivity index (χ1n) is 6.17. The molecule has 102 valence electrons. The molecule has 1 aliphatic rings. The van der Waals surface area contributed by atoms with E-state index in [9.17, 15) is 14.9 Å². The van der Waals surface area contributed by atoms with Crippen LogP contribution in [0.25, 0.3) is 0 Å². The Balaban J connectivity index is 2.09. The summed E-state index contributed by atoms with van der Waals surface area (Å²) >= 11 is 3.58. The maximum atomic E-state index is 12.3. The van der Waals surface area contributed by atoms with Crippen LogP contribution in [0.15, 0.2) is 24.3 Å². The summed E-state index contributed by atoms with van der Waals surface area (Å²) in [4.78, 5) is 24.5. The van der Waals surface area contributed by atoms with Gasteiger partial charge in [0, 0.05) is 35.6 Å². The lowest BCUT2D eigenvalue weighted by Crippen LogP contribution is -2.43. The number of piperidine rings is 1. The summed E-state index contributed by atoms with van der Waals surface area (Å²) in [7, 11) is 0. The number of amides is 1. The smallest absolute Gasteiger partial charge is 0.269 e. The van der Waals surface area contributed by atoms with E-state index in [2.05, 4.69) is 22.9 Å². The third-order valence-electron chi connectivity index (χ3n) is 3.48. The number of halogens is 1. The zero-order chi connectivity index (χ0) is 14.0. The lowest BCUT2D eigenvalue weighted by molar-refractivity contribution is -0.384. The van der Waals surface area contributed by atoms with Crippen molar-refractivity contribution in [1.82, 2.24) is 4.90 Å². The number of carbonyl (C=O) groups is 1. The maximum absolute atomic E-state index is 12.3. The highest BCUT2D eigenvalue weighted by Gasteiger charge is 2.27. The van der Waals surface area contributed by atoms with Gasteiger partial charge in [0.05, 0.1) is 4.92 Å². The van der Waals surface area contributed by atoms with E-state index in [0.717, 1.165) is 13.0 Å². The Bertz CT molecular complexity index is 489. The molecule has 19 heavy (non-hydrogen) atoms. The second-order valence-electron chi connectivity index (χ2n) is 4.84. The van der Waals surface area contributed by atoms with Crippen LogP contribution in [0.3, 0.4) is 0 Å². The minimum Gasteiger partial charge on any atom is -0.338 e. The number of hydrogen-bond acceptors (Lipinski definition) is 3. The van der Waals surface area contributed by atoms with Crippen LogP contribution >= 0.6 is 15.9 Å². The van der Waals surface area contributed by atoms with Crippen molar-refractivity contribution in [1.29, 1.82) is 0 Å². The minimum atomic E-state index is -0.467. The molecule has 1 aromatic carbocycles. The zero-order valence-electron chi connectivity index (χ0n) is 10.6. The van der Waals surface area contributed by atoms with Crippen molar-refractivity contribution in [2.45, 2.75) is 18.2 Å². The van der Waals surface area contributed by atoms with E-state index in [0.29, 0.717) is 22.9 Å². The molecular formula is C13H15BrN2O3. The van der Waals surface area contributed by atoms with Crippen molar-refractivity contribution in [2.24, 2.45) is 5.92 Å². The van der Waals surface area contributed by atoms with Gasteiger partial charge in [-0.25, -0.2) is 0 Å². The number of hydrogen-bond donors (Lipinski definition) is 0. The Morgan fingerprint density at radius 1 is 1.42 bits per heavy atom. The summed E-state index contributed by atoms with van der Waals surface area (Å²) in [5.41, 5.74) is 0.502. The monoisotopic (exact) mass is 326 g/mol. The fourth-order valence-electron chi connectivity index (χ4n) is 2.11. The summed E-state index contributed by atoms with van der Waals surface area (Å²) in [6.07, 6.45) is 0.967. The molecule has 1 aromatic rings. The molecule has 0 saturated carbocycles. The highest BCUT2D eigenvalue weighted by Crippen LogP contribution is 2.24. The first kappa shape index (κ1) is 14.0. The Hall–Kier alpha value is -1.43. The maximum Gasteiger partial charge on any atom is 0.269 e. The van der Waals surface area contributed by atoms with E-state index in [1.165, 1.54) is 24.3 Å². The lowest BCUT2D eigenvalue weighted by Gasteiger charge is -2.34. The molecule has 5 nitrogen and oxygen atoms in total. The second kappa shape index (κ2) is 5.69. The van der Waals surface area contributed by atoms with E-state index in [-0.39, 0.29) is 11.6 Å². The molecule has 1 fully saturated rings. The molecule has 1 aliphatic heterocycles. The summed E-state index contributed by atoms with van der Waals surface area (Å²) < 4.78 is 0. The summed E-state index contributed by atoms with van der Waals surface area (Å²) in [5.74, 6) is 0.493. The molecule has 2 rings (SSSR count). The number of nitrogens with zero attached hydrogens (tertiary/aromatic N) is 2. The molecule has 0 aromatic heterocycles. The first-order chi connectivity index (χ1) is 8.99. The van der Waals surface area contributed by atoms with Gasteiger partial charge in [-0.15, -0.1) is 0 Å². The van der Waals surface area contributed by atoms with Crippen LogP contribution in [-0.2, 0) is 0 Å². The van der Waals surface area contributed by atoms with Crippen molar-refractivity contribution in [3.63, 3.8) is 0 Å². The molecule has 6 heteroatoms. The van der Waals surface area contributed by atoms with Gasteiger partial charge in [0.2, 0.25) is 0 Å². The van der Waals surface area contributed by atoms with Crippen molar-refractivity contribution in [2.75, 3.05) is 13.1 Å².